The van der Waals surface area contributed by atoms with Gasteiger partial charge in [0.1, 0.15) is 0 Å². The maximum Gasteiger partial charge on any atom is 0.329 e. The number of hydrogen-bond donors (Lipinski definition) is 2. The van der Waals surface area contributed by atoms with Gasteiger partial charge in [0.05, 0.1) is 25.2 Å². The Kier molecular flexibility index (Phi) is 8.08. The molecule has 1 atom stereocenters. The van der Waals surface area contributed by atoms with Crippen LogP contribution in [0.1, 0.15) is 30.5 Å². The Balaban J connectivity index is 2.30. The topological polar surface area (TPSA) is 145 Å². The number of carbonyl (C=O) groups is 2. The van der Waals surface area contributed by atoms with Gasteiger partial charge in [0.15, 0.2) is 22.7 Å². The van der Waals surface area contributed by atoms with E-state index in [4.69, 9.17) is 18.8 Å². The number of hydrogen-bond acceptors (Lipinski definition) is 9. The Labute approximate surface area is 206 Å². The number of aryl methyl sites for hydroxylation is 1. The normalized spacial score (nSPS) is 14.7. The smallest absolute Gasteiger partial charge is 0.329 e. The molecule has 0 saturated carbocycles. The predicted octanol–water partition coefficient (Wildman–Crippen LogP) is 2.37. The minimum absolute atomic E-state index is 0.0257. The fourth-order valence-corrected chi connectivity index (χ4v) is 4.91. The first-order valence-electron chi connectivity index (χ1n) is 10.4. The lowest BCUT2D eigenvalue weighted by atomic mass is 9.95. The zero-order valence-corrected chi connectivity index (χ0v) is 21.2. The molecule has 0 bridgehead atoms. The first kappa shape index (κ1) is 26.5. The number of fused-ring (bicyclic) bond motifs is 3. The van der Waals surface area contributed by atoms with Gasteiger partial charge < -0.3 is 19.5 Å². The summed E-state index contributed by atoms with van der Waals surface area (Å²) in [6, 6.07) is 6.01. The molecule has 2 N–H and O–H groups in total. The monoisotopic (exact) mass is 523 g/mol. The van der Waals surface area contributed by atoms with Crippen molar-refractivity contribution in [3.05, 3.63) is 45.6 Å². The summed E-state index contributed by atoms with van der Waals surface area (Å²) in [5, 5.41) is 2.89. The van der Waals surface area contributed by atoms with E-state index in [2.05, 4.69) is 5.32 Å². The lowest BCUT2D eigenvalue weighted by Crippen LogP contribution is -2.26. The van der Waals surface area contributed by atoms with E-state index in [9.17, 15) is 22.8 Å². The van der Waals surface area contributed by atoms with Crippen LogP contribution < -0.4 is 25.0 Å². The van der Waals surface area contributed by atoms with E-state index in [1.165, 1.54) is 45.0 Å². The summed E-state index contributed by atoms with van der Waals surface area (Å²) in [5.41, 5.74) is 2.28. The van der Waals surface area contributed by atoms with Crippen LogP contribution in [0.4, 0.5) is 0 Å². The van der Waals surface area contributed by atoms with Crippen LogP contribution in [0.3, 0.4) is 0 Å². The number of ether oxygens (including phenoxy) is 3. The third kappa shape index (κ3) is 5.95. The number of rotatable bonds is 7. The van der Waals surface area contributed by atoms with Crippen LogP contribution in [0.5, 0.6) is 17.2 Å². The van der Waals surface area contributed by atoms with Crippen LogP contribution in [0.2, 0.25) is 0 Å². The molecule has 0 unspecified atom stereocenters. The van der Waals surface area contributed by atoms with Gasteiger partial charge in [0.25, 0.3) is 10.1 Å². The van der Waals surface area contributed by atoms with Crippen LogP contribution in [0.15, 0.2) is 34.0 Å². The van der Waals surface area contributed by atoms with Crippen LogP contribution in [-0.2, 0) is 26.1 Å². The molecule has 1 aliphatic carbocycles. The summed E-state index contributed by atoms with van der Waals surface area (Å²) in [7, 11) is -1.87. The van der Waals surface area contributed by atoms with E-state index in [0.29, 0.717) is 40.0 Å². The fraction of sp³-hybridized carbons (Fsp3) is 0.348. The summed E-state index contributed by atoms with van der Waals surface area (Å²) in [6.07, 6.45) is 2.61. The number of thioether (sulfide) groups is 1. The van der Waals surface area contributed by atoms with Gasteiger partial charge in [-0.3, -0.25) is 18.9 Å². The maximum absolute atomic E-state index is 12.8. The second-order valence-electron chi connectivity index (χ2n) is 7.75. The van der Waals surface area contributed by atoms with E-state index in [1.807, 2.05) is 0 Å². The molecule has 0 radical (unpaired) electrons. The molecule has 12 heteroatoms. The van der Waals surface area contributed by atoms with Crippen molar-refractivity contribution in [2.75, 3.05) is 26.2 Å². The maximum atomic E-state index is 12.8. The van der Waals surface area contributed by atoms with Crippen molar-refractivity contribution < 1.29 is 36.8 Å². The number of methoxy groups -OCH3 is 2. The SMILES string of the molecule is COc1c(OC(=O)CS(=O)(=O)O)cc2c(c1OC)-c1ccc(SC)c(=O)cc1[C@@H](NC(C)=O)CC2. The number of amides is 1. The third-order valence-electron chi connectivity index (χ3n) is 5.40. The molecular formula is C23H25NO9S2. The molecule has 2 aromatic rings. The van der Waals surface area contributed by atoms with E-state index >= 15 is 0 Å². The van der Waals surface area contributed by atoms with Gasteiger partial charge in [0.2, 0.25) is 11.7 Å². The van der Waals surface area contributed by atoms with Crippen molar-refractivity contribution in [1.82, 2.24) is 5.32 Å². The van der Waals surface area contributed by atoms with Crippen LogP contribution in [0, 0.1) is 0 Å². The predicted molar refractivity (Wildman–Crippen MR) is 130 cm³/mol. The lowest BCUT2D eigenvalue weighted by molar-refractivity contribution is -0.131. The summed E-state index contributed by atoms with van der Waals surface area (Å²) in [5.74, 6) is -2.56. The second kappa shape index (κ2) is 10.7. The molecule has 35 heavy (non-hydrogen) atoms. The molecule has 0 heterocycles. The number of benzene rings is 1. The minimum atomic E-state index is -4.60. The Morgan fingerprint density at radius 2 is 1.86 bits per heavy atom. The molecule has 10 nitrogen and oxygen atoms in total. The standard InChI is InChI=1S/C23H25NO9S2/c1-12(25)24-16-7-5-13-9-18(33-20(27)11-35(28,29)30)22(31-2)23(32-3)21(13)14-6-8-19(34-4)17(26)10-15(14)16/h6,8-10,16H,5,7,11H2,1-4H3,(H,24,25)(H,28,29,30)/t16-/m0/s1. The Morgan fingerprint density at radius 1 is 1.17 bits per heavy atom. The Bertz CT molecular complexity index is 1340. The van der Waals surface area contributed by atoms with Gasteiger partial charge in [-0.2, -0.15) is 8.42 Å². The summed E-state index contributed by atoms with van der Waals surface area (Å²) >= 11 is 1.30. The molecule has 0 fully saturated rings. The molecule has 2 aromatic carbocycles. The largest absolute Gasteiger partial charge is 0.492 e. The van der Waals surface area contributed by atoms with Gasteiger partial charge in [-0.25, -0.2) is 0 Å². The van der Waals surface area contributed by atoms with E-state index < -0.39 is 27.9 Å². The zero-order chi connectivity index (χ0) is 25.9. The van der Waals surface area contributed by atoms with Crippen molar-refractivity contribution in [2.24, 2.45) is 0 Å². The van der Waals surface area contributed by atoms with Crippen LogP contribution >= 0.6 is 11.8 Å². The van der Waals surface area contributed by atoms with Gasteiger partial charge >= 0.3 is 5.97 Å². The van der Waals surface area contributed by atoms with Gasteiger partial charge in [0, 0.05) is 12.5 Å². The molecule has 188 valence electrons. The second-order valence-corrected chi connectivity index (χ2v) is 10.0. The van der Waals surface area contributed by atoms with Crippen LogP contribution in [-0.4, -0.2) is 51.1 Å². The quantitative estimate of drug-likeness (QED) is 0.240. The van der Waals surface area contributed by atoms with Gasteiger partial charge in [-0.05, 0) is 54.0 Å². The van der Waals surface area contributed by atoms with Crippen molar-refractivity contribution in [3.63, 3.8) is 0 Å². The zero-order valence-electron chi connectivity index (χ0n) is 19.5. The molecule has 0 spiro atoms. The van der Waals surface area contributed by atoms with Crippen molar-refractivity contribution >= 4 is 33.8 Å². The van der Waals surface area contributed by atoms with Crippen LogP contribution in [0.25, 0.3) is 11.1 Å². The first-order chi connectivity index (χ1) is 16.5. The van der Waals surface area contributed by atoms with E-state index in [1.54, 1.807) is 18.4 Å². The highest BCUT2D eigenvalue weighted by Gasteiger charge is 2.30. The fourth-order valence-electron chi connectivity index (χ4n) is 4.09. The molecule has 1 amide bonds. The molecular weight excluding hydrogens is 498 g/mol. The van der Waals surface area contributed by atoms with Crippen molar-refractivity contribution in [2.45, 2.75) is 30.7 Å². The Hall–Kier alpha value is -3.09. The molecule has 0 aromatic heterocycles. The highest BCUT2D eigenvalue weighted by atomic mass is 32.2. The number of carbonyl (C=O) groups excluding carboxylic acids is 2. The minimum Gasteiger partial charge on any atom is -0.492 e. The average Bonchev–Trinajstić information content (AvgIpc) is 3.00. The highest BCUT2D eigenvalue weighted by molar-refractivity contribution is 7.98. The Morgan fingerprint density at radius 3 is 2.43 bits per heavy atom. The molecule has 0 aliphatic heterocycles. The third-order valence-corrected chi connectivity index (χ3v) is 6.78. The number of esters is 1. The highest BCUT2D eigenvalue weighted by Crippen LogP contribution is 2.50. The van der Waals surface area contributed by atoms with Gasteiger partial charge in [-0.15, -0.1) is 11.8 Å². The molecule has 3 rings (SSSR count). The lowest BCUT2D eigenvalue weighted by Gasteiger charge is -2.20. The average molecular weight is 524 g/mol. The molecule has 0 saturated heterocycles. The van der Waals surface area contributed by atoms with Crippen molar-refractivity contribution in [3.8, 4) is 28.4 Å². The summed E-state index contributed by atoms with van der Waals surface area (Å²) in [4.78, 5) is 37.4. The van der Waals surface area contributed by atoms with Gasteiger partial charge in [-0.1, -0.05) is 6.07 Å². The van der Waals surface area contributed by atoms with Crippen molar-refractivity contribution in [1.29, 1.82) is 0 Å². The molecule has 1 aliphatic rings. The first-order valence-corrected chi connectivity index (χ1v) is 13.3. The van der Waals surface area contributed by atoms with E-state index in [0.717, 1.165) is 0 Å². The van der Waals surface area contributed by atoms with E-state index in [-0.39, 0.29) is 28.6 Å². The summed E-state index contributed by atoms with van der Waals surface area (Å²) < 4.78 is 47.5. The number of nitrogens with one attached hydrogen (secondary N) is 1. The summed E-state index contributed by atoms with van der Waals surface area (Å²) in [6.45, 7) is 1.39.